The minimum Gasteiger partial charge on any atom is -0.352 e. The summed E-state index contributed by atoms with van der Waals surface area (Å²) in [5, 5.41) is 0. The molecule has 4 rings (SSSR count). The van der Waals surface area contributed by atoms with E-state index in [0.29, 0.717) is 50.3 Å². The molecular formula is C23H25ClF3N5O2S. The molecule has 1 saturated heterocycles. The van der Waals surface area contributed by atoms with E-state index in [1.165, 1.54) is 19.2 Å². The summed E-state index contributed by atoms with van der Waals surface area (Å²) in [7, 11) is -2.61. The molecule has 0 radical (unpaired) electrons. The monoisotopic (exact) mass is 527 g/mol. The third kappa shape index (κ3) is 6.29. The molecule has 1 fully saturated rings. The molecule has 2 heterocycles. The molecule has 0 amide bonds. The second kappa shape index (κ2) is 11.3. The van der Waals surface area contributed by atoms with E-state index in [9.17, 15) is 21.6 Å². The van der Waals surface area contributed by atoms with Gasteiger partial charge in [0.1, 0.15) is 23.1 Å². The van der Waals surface area contributed by atoms with Crippen LogP contribution in [0.25, 0.3) is 11.3 Å². The van der Waals surface area contributed by atoms with Gasteiger partial charge in [-0.15, -0.1) is 12.4 Å². The number of nitrogens with zero attached hydrogens (tertiary/aromatic N) is 5. The Morgan fingerprint density at radius 3 is 2.11 bits per heavy atom. The number of halogens is 4. The minimum atomic E-state index is -4.01. The Labute approximate surface area is 208 Å². The molecule has 2 aromatic carbocycles. The van der Waals surface area contributed by atoms with Crippen LogP contribution in [0.1, 0.15) is 0 Å². The summed E-state index contributed by atoms with van der Waals surface area (Å²) >= 11 is 0. The van der Waals surface area contributed by atoms with Crippen molar-refractivity contribution in [3.8, 4) is 11.3 Å². The van der Waals surface area contributed by atoms with E-state index in [-0.39, 0.29) is 24.8 Å². The van der Waals surface area contributed by atoms with Gasteiger partial charge in [0, 0.05) is 70.3 Å². The van der Waals surface area contributed by atoms with Gasteiger partial charge in [0.25, 0.3) is 0 Å². The van der Waals surface area contributed by atoms with Gasteiger partial charge in [0.05, 0.1) is 4.90 Å². The highest BCUT2D eigenvalue weighted by Crippen LogP contribution is 2.27. The molecular weight excluding hydrogens is 503 g/mol. The van der Waals surface area contributed by atoms with Gasteiger partial charge < -0.3 is 4.90 Å². The molecule has 12 heteroatoms. The maximum atomic E-state index is 13.5. The van der Waals surface area contributed by atoms with Crippen molar-refractivity contribution >= 4 is 28.2 Å². The first kappa shape index (κ1) is 26.9. The van der Waals surface area contributed by atoms with E-state index in [1.54, 1.807) is 24.5 Å². The predicted molar refractivity (Wildman–Crippen MR) is 130 cm³/mol. The zero-order valence-corrected chi connectivity index (χ0v) is 20.6. The first-order valence-electron chi connectivity index (χ1n) is 10.7. The Morgan fingerprint density at radius 2 is 1.49 bits per heavy atom. The van der Waals surface area contributed by atoms with E-state index in [4.69, 9.17) is 0 Å². The number of aromatic nitrogens is 2. The number of anilines is 1. The van der Waals surface area contributed by atoms with Crippen molar-refractivity contribution in [1.29, 1.82) is 0 Å². The van der Waals surface area contributed by atoms with Crippen LogP contribution < -0.4 is 4.90 Å². The Hall–Kier alpha value is -2.73. The summed E-state index contributed by atoms with van der Waals surface area (Å²) in [6.45, 7) is 3.28. The summed E-state index contributed by atoms with van der Waals surface area (Å²) in [6, 6.07) is 8.36. The van der Waals surface area contributed by atoms with E-state index >= 15 is 0 Å². The van der Waals surface area contributed by atoms with Crippen LogP contribution in [0.5, 0.6) is 0 Å². The van der Waals surface area contributed by atoms with Crippen LogP contribution in [-0.2, 0) is 10.0 Å². The molecule has 1 aromatic heterocycles. The Balaban J connectivity index is 0.00000342. The van der Waals surface area contributed by atoms with Gasteiger partial charge in [-0.1, -0.05) is 0 Å². The topological polar surface area (TPSA) is 69.6 Å². The summed E-state index contributed by atoms with van der Waals surface area (Å²) in [6.07, 6.45) is 3.21. The van der Waals surface area contributed by atoms with E-state index in [1.807, 2.05) is 0 Å². The molecule has 0 atom stereocenters. The van der Waals surface area contributed by atoms with Gasteiger partial charge >= 0.3 is 0 Å². The standard InChI is InChI=1S/C23H24F3N5O2S.ClH/c1-29(34(32,33)21-15-19(25)14-20(26)16-21)8-9-30-10-12-31(13-11-30)23-22(27-6-7-28-23)17-2-4-18(24)5-3-17;/h2-7,14-16H,8-13H2,1H3;1H. The third-order valence-electron chi connectivity index (χ3n) is 5.74. The summed E-state index contributed by atoms with van der Waals surface area (Å²) in [5.41, 5.74) is 1.44. The van der Waals surface area contributed by atoms with Crippen molar-refractivity contribution in [2.45, 2.75) is 4.90 Å². The molecule has 188 valence electrons. The van der Waals surface area contributed by atoms with Crippen LogP contribution in [0.4, 0.5) is 19.0 Å². The van der Waals surface area contributed by atoms with Crippen LogP contribution in [0, 0.1) is 17.5 Å². The Kier molecular flexibility index (Phi) is 8.70. The zero-order valence-electron chi connectivity index (χ0n) is 18.9. The average Bonchev–Trinajstić information content (AvgIpc) is 2.83. The maximum Gasteiger partial charge on any atom is 0.243 e. The molecule has 0 spiro atoms. The Morgan fingerprint density at radius 1 is 0.886 bits per heavy atom. The first-order valence-corrected chi connectivity index (χ1v) is 12.1. The number of hydrogen-bond donors (Lipinski definition) is 0. The number of piperazine rings is 1. The number of sulfonamides is 1. The second-order valence-electron chi connectivity index (χ2n) is 8.00. The Bertz CT molecular complexity index is 1240. The van der Waals surface area contributed by atoms with Crippen LogP contribution in [-0.4, -0.2) is 73.9 Å². The lowest BCUT2D eigenvalue weighted by Gasteiger charge is -2.36. The third-order valence-corrected chi connectivity index (χ3v) is 7.58. The first-order chi connectivity index (χ1) is 16.2. The van der Waals surface area contributed by atoms with Crippen molar-refractivity contribution in [2.75, 3.05) is 51.2 Å². The lowest BCUT2D eigenvalue weighted by atomic mass is 10.1. The SMILES string of the molecule is CN(CCN1CCN(c2nccnc2-c2ccc(F)cc2)CC1)S(=O)(=O)c1cc(F)cc(F)c1.Cl. The van der Waals surface area contributed by atoms with Gasteiger partial charge in [0.15, 0.2) is 5.82 Å². The molecule has 0 bridgehead atoms. The van der Waals surface area contributed by atoms with Crippen LogP contribution in [0.15, 0.2) is 59.8 Å². The highest BCUT2D eigenvalue weighted by atomic mass is 35.5. The number of likely N-dealkylation sites (N-methyl/N-ethyl adjacent to an activating group) is 1. The normalized spacial score (nSPS) is 14.7. The van der Waals surface area contributed by atoms with Crippen molar-refractivity contribution in [3.05, 3.63) is 72.3 Å². The molecule has 0 N–H and O–H groups in total. The molecule has 0 aliphatic carbocycles. The molecule has 7 nitrogen and oxygen atoms in total. The van der Waals surface area contributed by atoms with Crippen LogP contribution in [0.3, 0.4) is 0 Å². The quantitative estimate of drug-likeness (QED) is 0.469. The smallest absolute Gasteiger partial charge is 0.243 e. The lowest BCUT2D eigenvalue weighted by molar-refractivity contribution is 0.243. The van der Waals surface area contributed by atoms with E-state index < -0.39 is 26.6 Å². The van der Waals surface area contributed by atoms with Gasteiger partial charge in [-0.25, -0.2) is 26.6 Å². The second-order valence-corrected chi connectivity index (χ2v) is 10.0. The van der Waals surface area contributed by atoms with E-state index in [0.717, 1.165) is 22.0 Å². The van der Waals surface area contributed by atoms with Crippen molar-refractivity contribution in [3.63, 3.8) is 0 Å². The minimum absolute atomic E-state index is 0. The van der Waals surface area contributed by atoms with Crippen LogP contribution >= 0.6 is 12.4 Å². The summed E-state index contributed by atoms with van der Waals surface area (Å²) in [4.78, 5) is 12.7. The van der Waals surface area contributed by atoms with Crippen LogP contribution in [0.2, 0.25) is 0 Å². The van der Waals surface area contributed by atoms with Gasteiger partial charge in [0.2, 0.25) is 10.0 Å². The average molecular weight is 528 g/mol. The predicted octanol–water partition coefficient (Wildman–Crippen LogP) is 3.43. The molecule has 1 aliphatic heterocycles. The molecule has 0 saturated carbocycles. The van der Waals surface area contributed by atoms with Crippen molar-refractivity contribution in [2.24, 2.45) is 0 Å². The number of benzene rings is 2. The highest BCUT2D eigenvalue weighted by molar-refractivity contribution is 7.89. The lowest BCUT2D eigenvalue weighted by Crippen LogP contribution is -2.49. The van der Waals surface area contributed by atoms with Gasteiger partial charge in [-0.05, 0) is 36.4 Å². The fraction of sp³-hybridized carbons (Fsp3) is 0.304. The number of hydrogen-bond acceptors (Lipinski definition) is 6. The highest BCUT2D eigenvalue weighted by Gasteiger charge is 2.25. The molecule has 1 aliphatic rings. The molecule has 0 unspecified atom stereocenters. The summed E-state index contributed by atoms with van der Waals surface area (Å²) in [5.74, 6) is -1.49. The zero-order chi connectivity index (χ0) is 24.3. The maximum absolute atomic E-state index is 13.5. The van der Waals surface area contributed by atoms with Crippen molar-refractivity contribution < 1.29 is 21.6 Å². The molecule has 3 aromatic rings. The van der Waals surface area contributed by atoms with Gasteiger partial charge in [-0.2, -0.15) is 4.31 Å². The van der Waals surface area contributed by atoms with E-state index in [2.05, 4.69) is 19.8 Å². The number of rotatable bonds is 7. The van der Waals surface area contributed by atoms with Crippen molar-refractivity contribution in [1.82, 2.24) is 19.2 Å². The largest absolute Gasteiger partial charge is 0.352 e. The summed E-state index contributed by atoms with van der Waals surface area (Å²) < 4.78 is 66.7. The fourth-order valence-corrected chi connectivity index (χ4v) is 5.02. The fourth-order valence-electron chi connectivity index (χ4n) is 3.82. The molecule has 35 heavy (non-hydrogen) atoms. The van der Waals surface area contributed by atoms with Gasteiger partial charge in [-0.3, -0.25) is 9.88 Å².